The molecular weight excluding hydrogens is 675 g/mol. The Morgan fingerprint density at radius 2 is 1.20 bits per heavy atom. The highest BCUT2D eigenvalue weighted by Crippen LogP contribution is 2.44. The van der Waals surface area contributed by atoms with Crippen molar-refractivity contribution < 1.29 is 0 Å². The van der Waals surface area contributed by atoms with Gasteiger partial charge in [-0.3, -0.25) is 0 Å². The first-order chi connectivity index (χ1) is 27.8. The second-order valence-corrected chi connectivity index (χ2v) is 15.5. The average Bonchev–Trinajstić information content (AvgIpc) is 3.51. The molecular formula is C55H41N. The lowest BCUT2D eigenvalue weighted by Crippen LogP contribution is -2.31. The van der Waals surface area contributed by atoms with Gasteiger partial charge >= 0.3 is 0 Å². The molecule has 2 aliphatic rings. The van der Waals surface area contributed by atoms with E-state index in [2.05, 4.69) is 205 Å². The summed E-state index contributed by atoms with van der Waals surface area (Å²) < 4.78 is 2.44. The molecule has 56 heavy (non-hydrogen) atoms. The quantitative estimate of drug-likeness (QED) is 0.167. The molecule has 0 N–H and O–H groups in total. The molecule has 266 valence electrons. The van der Waals surface area contributed by atoms with E-state index in [-0.39, 0.29) is 5.92 Å². The van der Waals surface area contributed by atoms with Crippen LogP contribution in [-0.4, -0.2) is 4.57 Å². The van der Waals surface area contributed by atoms with E-state index in [9.17, 15) is 0 Å². The molecule has 0 bridgehead atoms. The fraction of sp³-hybridized carbons (Fsp3) is 0.0909. The highest BCUT2D eigenvalue weighted by molar-refractivity contribution is 5.97. The van der Waals surface area contributed by atoms with Crippen LogP contribution in [0.3, 0.4) is 0 Å². The molecule has 0 saturated heterocycles. The van der Waals surface area contributed by atoms with E-state index in [0.29, 0.717) is 5.92 Å². The van der Waals surface area contributed by atoms with Gasteiger partial charge in [-0.2, -0.15) is 0 Å². The van der Waals surface area contributed by atoms with Crippen molar-refractivity contribution in [3.05, 3.63) is 221 Å². The van der Waals surface area contributed by atoms with E-state index in [4.69, 9.17) is 0 Å². The van der Waals surface area contributed by atoms with Gasteiger partial charge in [0.1, 0.15) is 0 Å². The summed E-state index contributed by atoms with van der Waals surface area (Å²) in [6, 6.07) is 70.0. The number of hydrogen-bond acceptors (Lipinski definition) is 0. The van der Waals surface area contributed by atoms with Crippen LogP contribution < -0.4 is 10.6 Å². The molecule has 0 fully saturated rings. The zero-order chi connectivity index (χ0) is 37.0. The molecule has 2 atom stereocenters. The third-order valence-electron chi connectivity index (χ3n) is 12.4. The Morgan fingerprint density at radius 3 is 2.09 bits per heavy atom. The summed E-state index contributed by atoms with van der Waals surface area (Å²) in [6.45, 7) is 0. The summed E-state index contributed by atoms with van der Waals surface area (Å²) in [5, 5.41) is 6.47. The van der Waals surface area contributed by atoms with Gasteiger partial charge in [-0.25, -0.2) is 0 Å². The molecule has 2 unspecified atom stereocenters. The van der Waals surface area contributed by atoms with E-state index in [1.165, 1.54) is 93.6 Å². The van der Waals surface area contributed by atoms with E-state index in [1.807, 2.05) is 0 Å². The topological polar surface area (TPSA) is 4.93 Å². The van der Waals surface area contributed by atoms with Crippen molar-refractivity contribution in [2.75, 3.05) is 0 Å². The zero-order valence-electron chi connectivity index (χ0n) is 31.3. The van der Waals surface area contributed by atoms with Gasteiger partial charge in [-0.15, -0.1) is 0 Å². The third kappa shape index (κ3) is 5.54. The maximum atomic E-state index is 2.54. The molecule has 2 aliphatic carbocycles. The van der Waals surface area contributed by atoms with Crippen molar-refractivity contribution >= 4 is 33.8 Å². The van der Waals surface area contributed by atoms with E-state index in [0.717, 1.165) is 19.3 Å². The van der Waals surface area contributed by atoms with Gasteiger partial charge in [0.05, 0.1) is 5.52 Å². The summed E-state index contributed by atoms with van der Waals surface area (Å²) in [7, 11) is 0. The minimum absolute atomic E-state index is 0.236. The second kappa shape index (κ2) is 13.6. The van der Waals surface area contributed by atoms with Crippen molar-refractivity contribution in [1.29, 1.82) is 0 Å². The molecule has 1 heteroatoms. The van der Waals surface area contributed by atoms with Crippen LogP contribution in [0.4, 0.5) is 0 Å². The standard InChI is InChI=1S/C55H41N/c1-3-14-37(15-4-1)48-30-28-39-26-27-40(35-52(39)50-22-10-9-21-49(48)50)42-32-43(34-44(33-42)47-24-13-17-38-16-7-8-20-46(38)47)41-29-31-55-53(36-41)51-23-11-12-25-54(51)56(55)45-18-5-2-6-19-45/h1-27,31-36,41,48H,28-30H2. The fourth-order valence-corrected chi connectivity index (χ4v) is 9.68. The summed E-state index contributed by atoms with van der Waals surface area (Å²) in [5.74, 6) is 0.611. The molecule has 1 aromatic heterocycles. The highest BCUT2D eigenvalue weighted by atomic mass is 15.0. The first-order valence-electron chi connectivity index (χ1n) is 20.0. The minimum atomic E-state index is 0.236. The minimum Gasteiger partial charge on any atom is -0.310 e. The number of para-hydroxylation sites is 2. The van der Waals surface area contributed by atoms with Crippen LogP contribution in [0.2, 0.25) is 0 Å². The van der Waals surface area contributed by atoms with E-state index >= 15 is 0 Å². The predicted molar refractivity (Wildman–Crippen MR) is 236 cm³/mol. The number of hydrogen-bond donors (Lipinski definition) is 0. The second-order valence-electron chi connectivity index (χ2n) is 15.5. The van der Waals surface area contributed by atoms with Crippen LogP contribution in [0.15, 0.2) is 188 Å². The SMILES string of the molecule is C1=c2c(n(-c3ccccc3)c3ccccc23)=CCC1c1cc(-c2ccc3c(c2)-c2ccccc2C(c2ccccc2)CC3)cc(-c2cccc3ccccc23)c1. The Kier molecular flexibility index (Phi) is 7.91. The fourth-order valence-electron chi connectivity index (χ4n) is 9.68. The molecule has 0 amide bonds. The van der Waals surface area contributed by atoms with Crippen molar-refractivity contribution in [3.63, 3.8) is 0 Å². The molecule has 0 aliphatic heterocycles. The van der Waals surface area contributed by atoms with Crippen LogP contribution in [0.1, 0.15) is 46.9 Å². The number of benzene rings is 8. The molecule has 0 spiro atoms. The van der Waals surface area contributed by atoms with Crippen molar-refractivity contribution in [2.45, 2.75) is 31.1 Å². The Labute approximate surface area is 328 Å². The lowest BCUT2D eigenvalue weighted by Gasteiger charge is -2.20. The van der Waals surface area contributed by atoms with Gasteiger partial charge in [-0.1, -0.05) is 170 Å². The van der Waals surface area contributed by atoms with E-state index in [1.54, 1.807) is 0 Å². The lowest BCUT2D eigenvalue weighted by atomic mass is 9.85. The number of rotatable bonds is 5. The van der Waals surface area contributed by atoms with Gasteiger partial charge < -0.3 is 4.57 Å². The Morgan fingerprint density at radius 1 is 0.482 bits per heavy atom. The normalized spacial score (nSPS) is 15.9. The molecule has 1 nitrogen and oxygen atoms in total. The van der Waals surface area contributed by atoms with Crippen LogP contribution in [0, 0.1) is 0 Å². The van der Waals surface area contributed by atoms with Gasteiger partial charge in [0, 0.05) is 33.5 Å². The molecule has 9 aromatic rings. The highest BCUT2D eigenvalue weighted by Gasteiger charge is 2.24. The predicted octanol–water partition coefficient (Wildman–Crippen LogP) is 12.6. The van der Waals surface area contributed by atoms with Crippen LogP contribution in [-0.2, 0) is 6.42 Å². The summed E-state index contributed by atoms with van der Waals surface area (Å²) in [6.07, 6.45) is 8.11. The van der Waals surface area contributed by atoms with Crippen molar-refractivity contribution in [2.24, 2.45) is 0 Å². The van der Waals surface area contributed by atoms with Gasteiger partial charge in [0.2, 0.25) is 0 Å². The maximum absolute atomic E-state index is 2.54. The Balaban J connectivity index is 1.09. The first kappa shape index (κ1) is 32.7. The van der Waals surface area contributed by atoms with Crippen LogP contribution in [0.25, 0.3) is 72.9 Å². The monoisotopic (exact) mass is 715 g/mol. The summed E-state index contributed by atoms with van der Waals surface area (Å²) >= 11 is 0. The van der Waals surface area contributed by atoms with Crippen molar-refractivity contribution in [3.8, 4) is 39.1 Å². The number of fused-ring (bicyclic) bond motifs is 7. The first-order valence-corrected chi connectivity index (χ1v) is 20.0. The molecule has 8 aromatic carbocycles. The lowest BCUT2D eigenvalue weighted by molar-refractivity contribution is 0.726. The van der Waals surface area contributed by atoms with Gasteiger partial charge in [0.25, 0.3) is 0 Å². The maximum Gasteiger partial charge on any atom is 0.0540 e. The smallest absolute Gasteiger partial charge is 0.0540 e. The van der Waals surface area contributed by atoms with E-state index < -0.39 is 0 Å². The Bertz CT molecular complexity index is 3050. The number of aromatic nitrogens is 1. The Hall–Kier alpha value is -6.70. The average molecular weight is 716 g/mol. The van der Waals surface area contributed by atoms with Crippen molar-refractivity contribution in [1.82, 2.24) is 4.57 Å². The molecule has 0 saturated carbocycles. The number of aryl methyl sites for hydroxylation is 1. The summed E-state index contributed by atoms with van der Waals surface area (Å²) in [4.78, 5) is 0. The molecule has 11 rings (SSSR count). The largest absolute Gasteiger partial charge is 0.310 e. The molecule has 0 radical (unpaired) electrons. The zero-order valence-corrected chi connectivity index (χ0v) is 31.3. The molecule has 1 heterocycles. The van der Waals surface area contributed by atoms with Crippen LogP contribution in [0.5, 0.6) is 0 Å². The van der Waals surface area contributed by atoms with Gasteiger partial charge in [-0.05, 0) is 116 Å². The number of nitrogens with zero attached hydrogens (tertiary/aromatic N) is 1. The van der Waals surface area contributed by atoms with Crippen LogP contribution >= 0.6 is 0 Å². The summed E-state index contributed by atoms with van der Waals surface area (Å²) in [5.41, 5.74) is 15.9. The third-order valence-corrected chi connectivity index (χ3v) is 12.4. The van der Waals surface area contributed by atoms with Gasteiger partial charge in [0.15, 0.2) is 0 Å².